The van der Waals surface area contributed by atoms with Crippen molar-refractivity contribution in [1.29, 1.82) is 0 Å². The number of anilines is 2. The first-order valence-electron chi connectivity index (χ1n) is 12.7. The maximum absolute atomic E-state index is 10.9. The zero-order valence-electron chi connectivity index (χ0n) is 21.3. The first-order valence-corrected chi connectivity index (χ1v) is 13.1. The quantitative estimate of drug-likeness (QED) is 0.456. The molecule has 10 heteroatoms. The normalized spacial score (nSPS) is 17.6. The van der Waals surface area contributed by atoms with E-state index >= 15 is 0 Å². The molecule has 2 aromatic carbocycles. The smallest absolute Gasteiger partial charge is 0.404 e. The van der Waals surface area contributed by atoms with E-state index in [1.807, 2.05) is 24.1 Å². The van der Waals surface area contributed by atoms with Gasteiger partial charge >= 0.3 is 12.1 Å². The van der Waals surface area contributed by atoms with Gasteiger partial charge in [-0.1, -0.05) is 35.9 Å². The number of nitrogens with zero attached hydrogens (tertiary/aromatic N) is 5. The van der Waals surface area contributed by atoms with Gasteiger partial charge in [0.1, 0.15) is 12.4 Å². The number of hydrogen-bond donors (Lipinski definition) is 2. The van der Waals surface area contributed by atoms with E-state index in [9.17, 15) is 4.79 Å². The van der Waals surface area contributed by atoms with Gasteiger partial charge < -0.3 is 29.9 Å². The lowest BCUT2D eigenvalue weighted by molar-refractivity contribution is 0.187. The third kappa shape index (κ3) is 5.52. The first-order chi connectivity index (χ1) is 17.9. The molecule has 2 aliphatic rings. The number of halogens is 1. The van der Waals surface area contributed by atoms with Crippen LogP contribution in [-0.2, 0) is 13.0 Å². The van der Waals surface area contributed by atoms with Gasteiger partial charge in [-0.15, -0.1) is 0 Å². The summed E-state index contributed by atoms with van der Waals surface area (Å²) in [7, 11) is 4.05. The van der Waals surface area contributed by atoms with E-state index in [0.29, 0.717) is 38.3 Å². The van der Waals surface area contributed by atoms with Crippen molar-refractivity contribution in [3.05, 3.63) is 52.7 Å². The summed E-state index contributed by atoms with van der Waals surface area (Å²) in [5, 5.41) is 14.3. The lowest BCUT2D eigenvalue weighted by atomic mass is 10.0. The van der Waals surface area contributed by atoms with Gasteiger partial charge in [-0.3, -0.25) is 0 Å². The minimum atomic E-state index is -1.03. The number of carbonyl (C=O) groups is 1. The van der Waals surface area contributed by atoms with Crippen LogP contribution in [0, 0.1) is 0 Å². The van der Waals surface area contributed by atoms with Crippen LogP contribution in [-0.4, -0.2) is 79.0 Å². The summed E-state index contributed by atoms with van der Waals surface area (Å²) in [5.74, 6) is 0.794. The van der Waals surface area contributed by atoms with Gasteiger partial charge in [0.2, 0.25) is 0 Å². The number of carboxylic acid groups (broad SMARTS) is 1. The van der Waals surface area contributed by atoms with E-state index < -0.39 is 6.09 Å². The lowest BCUT2D eigenvalue weighted by Crippen LogP contribution is -2.36. The molecule has 1 atom stereocenters. The molecule has 1 fully saturated rings. The molecule has 9 nitrogen and oxygen atoms in total. The molecule has 0 aliphatic carbocycles. The zero-order valence-corrected chi connectivity index (χ0v) is 22.0. The van der Waals surface area contributed by atoms with Gasteiger partial charge in [-0.2, -0.15) is 9.97 Å². The Morgan fingerprint density at radius 3 is 2.81 bits per heavy atom. The van der Waals surface area contributed by atoms with Crippen LogP contribution in [0.2, 0.25) is 5.02 Å². The number of rotatable bonds is 8. The van der Waals surface area contributed by atoms with Crippen molar-refractivity contribution in [3.8, 4) is 6.01 Å². The van der Waals surface area contributed by atoms with Gasteiger partial charge in [-0.05, 0) is 50.4 Å². The summed E-state index contributed by atoms with van der Waals surface area (Å²) in [6, 6.07) is 12.9. The largest absolute Gasteiger partial charge is 0.465 e. The molecule has 0 saturated carbocycles. The highest BCUT2D eigenvalue weighted by atomic mass is 35.5. The minimum absolute atomic E-state index is 0.300. The lowest BCUT2D eigenvalue weighted by Gasteiger charge is -2.33. The second-order valence-electron chi connectivity index (χ2n) is 9.78. The number of ether oxygens (including phenoxy) is 1. The highest BCUT2D eigenvalue weighted by Crippen LogP contribution is 2.36. The van der Waals surface area contributed by atoms with Crippen molar-refractivity contribution in [3.63, 3.8) is 0 Å². The monoisotopic (exact) mass is 524 g/mol. The molecule has 196 valence electrons. The van der Waals surface area contributed by atoms with E-state index in [2.05, 4.69) is 46.4 Å². The van der Waals surface area contributed by atoms with Crippen LogP contribution in [0.15, 0.2) is 36.4 Å². The fraction of sp³-hybridized carbons (Fsp3) is 0.444. The highest BCUT2D eigenvalue weighted by Gasteiger charge is 2.27. The van der Waals surface area contributed by atoms with Gasteiger partial charge in [-0.25, -0.2) is 4.79 Å². The molecule has 0 bridgehead atoms. The maximum Gasteiger partial charge on any atom is 0.404 e. The minimum Gasteiger partial charge on any atom is -0.465 e. The van der Waals surface area contributed by atoms with Crippen molar-refractivity contribution in [1.82, 2.24) is 20.2 Å². The van der Waals surface area contributed by atoms with Crippen LogP contribution in [0.1, 0.15) is 24.1 Å². The van der Waals surface area contributed by atoms with Gasteiger partial charge in [0.25, 0.3) is 0 Å². The van der Waals surface area contributed by atoms with Crippen LogP contribution in [0.4, 0.5) is 16.3 Å². The molecular formula is C27H33ClN6O3. The molecular weight excluding hydrogens is 492 g/mol. The van der Waals surface area contributed by atoms with Crippen molar-refractivity contribution in [2.45, 2.75) is 31.8 Å². The average Bonchev–Trinajstić information content (AvgIpc) is 3.30. The molecule has 37 heavy (non-hydrogen) atoms. The summed E-state index contributed by atoms with van der Waals surface area (Å²) in [6.07, 6.45) is 1.99. The fourth-order valence-electron chi connectivity index (χ4n) is 5.31. The molecule has 1 saturated heterocycles. The number of likely N-dealkylation sites (N-methyl/N-ethyl adjacent to an activating group) is 2. The summed E-state index contributed by atoms with van der Waals surface area (Å²) in [5.41, 5.74) is 3.09. The summed E-state index contributed by atoms with van der Waals surface area (Å²) >= 11 is 6.63. The third-order valence-corrected chi connectivity index (χ3v) is 7.67. The van der Waals surface area contributed by atoms with Crippen molar-refractivity contribution in [2.75, 3.05) is 56.7 Å². The van der Waals surface area contributed by atoms with Crippen molar-refractivity contribution >= 4 is 40.0 Å². The Bertz CT molecular complexity index is 1280. The second kappa shape index (κ2) is 11.0. The van der Waals surface area contributed by atoms with Crippen LogP contribution in [0.5, 0.6) is 6.01 Å². The Balaban J connectivity index is 1.45. The Kier molecular flexibility index (Phi) is 7.53. The zero-order chi connectivity index (χ0) is 25.9. The highest BCUT2D eigenvalue weighted by molar-refractivity contribution is 6.36. The standard InChI is InChI=1S/C27H33ClN6O3/c1-32-13-5-8-19(32)17-37-26-30-22-16-34(23-10-4-7-18-6-3-9-21(28)24(18)23)14-11-20(22)25(31-26)33(2)15-12-29-27(35)36/h3-4,6-7,9-10,19,29H,5,8,11-17H2,1-2H3,(H,35,36)/t19-/m0/s1. The molecule has 3 heterocycles. The SMILES string of the molecule is CN(CCNC(=O)O)c1nc(OC[C@@H]2CCCN2C)nc2c1CCN(c1cccc3cccc(Cl)c13)C2. The predicted molar refractivity (Wildman–Crippen MR) is 146 cm³/mol. The van der Waals surface area contributed by atoms with Crippen LogP contribution >= 0.6 is 11.6 Å². The molecule has 3 aromatic rings. The Labute approximate surface area is 222 Å². The number of likely N-dealkylation sites (tertiary alicyclic amines) is 1. The average molecular weight is 525 g/mol. The maximum atomic E-state index is 10.9. The van der Waals surface area contributed by atoms with Crippen LogP contribution in [0.3, 0.4) is 0 Å². The Hall–Kier alpha value is -3.30. The van der Waals surface area contributed by atoms with E-state index in [1.165, 1.54) is 6.42 Å². The van der Waals surface area contributed by atoms with Gasteiger partial charge in [0, 0.05) is 49.4 Å². The van der Waals surface area contributed by atoms with Crippen LogP contribution in [0.25, 0.3) is 10.8 Å². The topological polar surface area (TPSA) is 94.1 Å². The van der Waals surface area contributed by atoms with Gasteiger partial charge in [0.15, 0.2) is 0 Å². The Morgan fingerprint density at radius 1 is 1.24 bits per heavy atom. The molecule has 2 N–H and O–H groups in total. The van der Waals surface area contributed by atoms with Crippen LogP contribution < -0.4 is 19.9 Å². The number of benzene rings is 2. The molecule has 1 amide bonds. The third-order valence-electron chi connectivity index (χ3n) is 7.36. The predicted octanol–water partition coefficient (Wildman–Crippen LogP) is 4.02. The van der Waals surface area contributed by atoms with E-state index in [1.54, 1.807) is 0 Å². The van der Waals surface area contributed by atoms with E-state index in [0.717, 1.165) is 64.5 Å². The van der Waals surface area contributed by atoms with Crippen molar-refractivity contribution in [2.24, 2.45) is 0 Å². The molecule has 0 unspecified atom stereocenters. The number of aromatic nitrogens is 2. The van der Waals surface area contributed by atoms with E-state index in [4.69, 9.17) is 31.4 Å². The molecule has 0 spiro atoms. The van der Waals surface area contributed by atoms with Gasteiger partial charge in [0.05, 0.1) is 17.3 Å². The number of hydrogen-bond acceptors (Lipinski definition) is 7. The number of amides is 1. The second-order valence-corrected chi connectivity index (χ2v) is 10.2. The number of fused-ring (bicyclic) bond motifs is 2. The molecule has 2 aliphatic heterocycles. The Morgan fingerprint density at radius 2 is 2.05 bits per heavy atom. The van der Waals surface area contributed by atoms with E-state index in [-0.39, 0.29) is 0 Å². The molecule has 1 aromatic heterocycles. The summed E-state index contributed by atoms with van der Waals surface area (Å²) < 4.78 is 6.15. The fourth-order valence-corrected chi connectivity index (χ4v) is 5.59. The summed E-state index contributed by atoms with van der Waals surface area (Å²) in [6.45, 7) is 3.81. The number of nitrogens with one attached hydrogen (secondary N) is 1. The molecule has 5 rings (SSSR count). The van der Waals surface area contributed by atoms with Crippen molar-refractivity contribution < 1.29 is 14.6 Å². The summed E-state index contributed by atoms with van der Waals surface area (Å²) in [4.78, 5) is 27.2. The molecule has 0 radical (unpaired) electrons. The first kappa shape index (κ1) is 25.4.